The lowest BCUT2D eigenvalue weighted by atomic mass is 9.56. The number of phenols is 1. The van der Waals surface area contributed by atoms with Gasteiger partial charge in [0, 0.05) is 21.5 Å². The Labute approximate surface area is 334 Å². The molecule has 4 aromatic rings. The van der Waals surface area contributed by atoms with E-state index in [9.17, 15) is 28.7 Å². The number of benzene rings is 4. The molecule has 2 aliphatic carbocycles. The molecule has 2 saturated heterocycles. The highest BCUT2D eigenvalue weighted by Gasteiger charge is 2.77. The lowest BCUT2D eigenvalue weighted by Gasteiger charge is -2.50. The van der Waals surface area contributed by atoms with Gasteiger partial charge in [-0.15, -0.1) is 23.2 Å². The molecule has 13 heteroatoms. The number of rotatable bonds is 7. The summed E-state index contributed by atoms with van der Waals surface area (Å²) in [4.78, 5) is 55.4. The topological polar surface area (TPSA) is 113 Å². The van der Waals surface area contributed by atoms with Crippen molar-refractivity contribution in [2.75, 3.05) is 24.0 Å². The van der Waals surface area contributed by atoms with Crippen LogP contribution in [0.15, 0.2) is 101 Å². The lowest BCUT2D eigenvalue weighted by molar-refractivity contribution is -0.125. The average molecular weight is 847 g/mol. The largest absolute Gasteiger partial charge is 0.508 e. The summed E-state index contributed by atoms with van der Waals surface area (Å²) in [7, 11) is 3.17. The van der Waals surface area contributed by atoms with E-state index >= 15 is 0 Å². The SMILES string of the molecule is COc1ccc(OC)c(C=Cc2ccc(N3C(=O)C4CC=C5C(CC6(Cl)C(=O)N(c7ccc(F)cc7)C(=O)C6(Cl)C5c5cc(Br)ccc5O)C4C3=O)cc2)c1. The van der Waals surface area contributed by atoms with Gasteiger partial charge in [-0.1, -0.05) is 51.9 Å². The summed E-state index contributed by atoms with van der Waals surface area (Å²) in [5.41, 5.74) is 2.79. The molecule has 0 spiro atoms. The highest BCUT2D eigenvalue weighted by Crippen LogP contribution is 2.66. The van der Waals surface area contributed by atoms with E-state index in [0.717, 1.165) is 28.2 Å². The lowest BCUT2D eigenvalue weighted by Crippen LogP contribution is -2.60. The molecule has 0 radical (unpaired) electrons. The number of carbonyl (C=O) groups is 4. The number of hydrogen-bond donors (Lipinski definition) is 1. The Kier molecular flexibility index (Phi) is 9.18. The Morgan fingerprint density at radius 2 is 1.51 bits per heavy atom. The molecule has 4 aliphatic rings. The van der Waals surface area contributed by atoms with E-state index in [1.54, 1.807) is 62.8 Å². The standard InChI is InChI=1S/C42H32BrCl2FN2O7/c1-54-28-14-18-34(55-2)23(19-28)6-3-22-4-10-26(11-5-22)47-37(50)30-16-15-29-32(35(30)38(47)51)21-41(44)39(52)48(27-12-8-25(46)9-13-27)40(53)42(41,45)36(29)31-20-24(43)7-17-33(31)49/h3-15,17-20,30,32,35-36,49H,16,21H2,1-2H3. The Bertz CT molecular complexity index is 2350. The van der Waals surface area contributed by atoms with Gasteiger partial charge in [-0.3, -0.25) is 24.1 Å². The van der Waals surface area contributed by atoms with Crippen LogP contribution in [0.5, 0.6) is 17.2 Å². The van der Waals surface area contributed by atoms with Crippen LogP contribution in [0.1, 0.15) is 35.4 Å². The maximum Gasteiger partial charge on any atom is 0.258 e. The maximum absolute atomic E-state index is 14.5. The zero-order valence-electron chi connectivity index (χ0n) is 29.3. The number of ether oxygens (including phenoxy) is 2. The second-order valence-electron chi connectivity index (χ2n) is 14.0. The Morgan fingerprint density at radius 1 is 0.818 bits per heavy atom. The van der Waals surface area contributed by atoms with Crippen molar-refractivity contribution in [3.05, 3.63) is 124 Å². The highest BCUT2D eigenvalue weighted by molar-refractivity contribution is 9.10. The van der Waals surface area contributed by atoms with E-state index in [-0.39, 0.29) is 29.8 Å². The third-order valence-electron chi connectivity index (χ3n) is 11.2. The van der Waals surface area contributed by atoms with Gasteiger partial charge < -0.3 is 14.6 Å². The Hall–Kier alpha value is -4.97. The van der Waals surface area contributed by atoms with Gasteiger partial charge in [0.05, 0.1) is 37.4 Å². The van der Waals surface area contributed by atoms with E-state index < -0.39 is 62.9 Å². The monoisotopic (exact) mass is 844 g/mol. The number of phenolic OH excluding ortho intramolecular Hbond substituents is 1. The van der Waals surface area contributed by atoms with Crippen LogP contribution >= 0.6 is 39.1 Å². The van der Waals surface area contributed by atoms with E-state index in [0.29, 0.717) is 27.2 Å². The quantitative estimate of drug-likeness (QED) is 0.0863. The zero-order chi connectivity index (χ0) is 39.0. The molecule has 2 heterocycles. The van der Waals surface area contributed by atoms with Crippen molar-refractivity contribution in [2.24, 2.45) is 17.8 Å². The van der Waals surface area contributed by atoms with Gasteiger partial charge >= 0.3 is 0 Å². The van der Waals surface area contributed by atoms with Crippen LogP contribution in [0, 0.1) is 23.6 Å². The summed E-state index contributed by atoms with van der Waals surface area (Å²) in [5, 5.41) is 11.3. The molecular formula is C42H32BrCl2FN2O7. The molecule has 1 N–H and O–H groups in total. The third kappa shape index (κ3) is 5.61. The first kappa shape index (κ1) is 37.0. The molecule has 8 rings (SSSR count). The van der Waals surface area contributed by atoms with Gasteiger partial charge in [0.2, 0.25) is 11.8 Å². The van der Waals surface area contributed by atoms with Crippen molar-refractivity contribution in [2.45, 2.75) is 28.5 Å². The molecule has 280 valence electrons. The number of amides is 4. The highest BCUT2D eigenvalue weighted by atomic mass is 79.9. The fourth-order valence-electron chi connectivity index (χ4n) is 8.65. The van der Waals surface area contributed by atoms with Crippen LogP contribution in [0.2, 0.25) is 0 Å². The molecule has 4 aromatic carbocycles. The number of allylic oxidation sites excluding steroid dienone is 2. The summed E-state index contributed by atoms with van der Waals surface area (Å²) in [5.74, 6) is -5.71. The number of imide groups is 2. The summed E-state index contributed by atoms with van der Waals surface area (Å²) in [6.07, 6.45) is 5.45. The van der Waals surface area contributed by atoms with Crippen LogP contribution in [0.4, 0.5) is 15.8 Å². The second-order valence-corrected chi connectivity index (χ2v) is 16.2. The van der Waals surface area contributed by atoms with Gasteiger partial charge in [-0.25, -0.2) is 9.29 Å². The Morgan fingerprint density at radius 3 is 2.20 bits per heavy atom. The number of carbonyl (C=O) groups excluding carboxylic acids is 4. The predicted octanol–water partition coefficient (Wildman–Crippen LogP) is 8.25. The van der Waals surface area contributed by atoms with Crippen LogP contribution in [0.25, 0.3) is 12.2 Å². The number of hydrogen-bond acceptors (Lipinski definition) is 7. The maximum atomic E-state index is 14.5. The first-order valence-electron chi connectivity index (χ1n) is 17.4. The van der Waals surface area contributed by atoms with Gasteiger partial charge in [-0.05, 0) is 97.1 Å². The fraction of sp³-hybridized carbons (Fsp3) is 0.238. The molecular weight excluding hydrogens is 814 g/mol. The molecule has 0 bridgehead atoms. The van der Waals surface area contributed by atoms with Crippen molar-refractivity contribution < 1.29 is 38.1 Å². The minimum absolute atomic E-state index is 0.0668. The number of nitrogens with zero attached hydrogens (tertiary/aromatic N) is 2. The van der Waals surface area contributed by atoms with Crippen molar-refractivity contribution in [3.63, 3.8) is 0 Å². The minimum atomic E-state index is -2.17. The molecule has 4 amide bonds. The van der Waals surface area contributed by atoms with E-state index in [1.807, 2.05) is 24.3 Å². The molecule has 6 unspecified atom stereocenters. The number of fused-ring (bicyclic) bond motifs is 4. The Balaban J connectivity index is 1.16. The van der Waals surface area contributed by atoms with Gasteiger partial charge in [0.1, 0.15) is 23.1 Å². The first-order chi connectivity index (χ1) is 26.3. The van der Waals surface area contributed by atoms with E-state index in [4.69, 9.17) is 32.7 Å². The first-order valence-corrected chi connectivity index (χ1v) is 19.0. The summed E-state index contributed by atoms with van der Waals surface area (Å²) in [6, 6.07) is 21.9. The number of methoxy groups -OCH3 is 2. The molecule has 55 heavy (non-hydrogen) atoms. The number of anilines is 2. The predicted molar refractivity (Wildman–Crippen MR) is 210 cm³/mol. The molecule has 3 fully saturated rings. The third-order valence-corrected chi connectivity index (χ3v) is 13.1. The molecule has 2 aliphatic heterocycles. The number of halogens is 4. The van der Waals surface area contributed by atoms with Gasteiger partial charge in [0.25, 0.3) is 11.8 Å². The van der Waals surface area contributed by atoms with Gasteiger partial charge in [-0.2, -0.15) is 0 Å². The van der Waals surface area contributed by atoms with Crippen molar-refractivity contribution >= 4 is 86.3 Å². The van der Waals surface area contributed by atoms with Crippen LogP contribution in [0.3, 0.4) is 0 Å². The number of alkyl halides is 2. The summed E-state index contributed by atoms with van der Waals surface area (Å²) >= 11 is 18.3. The van der Waals surface area contributed by atoms with Crippen molar-refractivity contribution in [1.82, 2.24) is 0 Å². The molecule has 0 aromatic heterocycles. The van der Waals surface area contributed by atoms with Gasteiger partial charge in [0.15, 0.2) is 9.75 Å². The van der Waals surface area contributed by atoms with E-state index in [1.165, 1.54) is 23.1 Å². The molecule has 6 atom stereocenters. The van der Waals surface area contributed by atoms with Crippen LogP contribution in [-0.2, 0) is 19.2 Å². The second kappa shape index (κ2) is 13.6. The fourth-order valence-corrected chi connectivity index (χ4v) is 9.95. The summed E-state index contributed by atoms with van der Waals surface area (Å²) in [6.45, 7) is 0. The number of aromatic hydroxyl groups is 1. The molecule has 1 saturated carbocycles. The minimum Gasteiger partial charge on any atom is -0.508 e. The van der Waals surface area contributed by atoms with Crippen LogP contribution < -0.4 is 19.3 Å². The van der Waals surface area contributed by atoms with Crippen molar-refractivity contribution in [3.8, 4) is 17.2 Å². The zero-order valence-corrected chi connectivity index (χ0v) is 32.4. The average Bonchev–Trinajstić information content (AvgIpc) is 3.52. The smallest absolute Gasteiger partial charge is 0.258 e. The summed E-state index contributed by atoms with van der Waals surface area (Å²) < 4.78 is 25.3. The van der Waals surface area contributed by atoms with Crippen LogP contribution in [-0.4, -0.2) is 52.7 Å². The van der Waals surface area contributed by atoms with E-state index in [2.05, 4.69) is 15.9 Å². The van der Waals surface area contributed by atoms with Crippen molar-refractivity contribution in [1.29, 1.82) is 0 Å². The normalized spacial score (nSPS) is 27.3. The molecule has 9 nitrogen and oxygen atoms in total.